The number of aliphatic carboxylic acids is 1. The van der Waals surface area contributed by atoms with Gasteiger partial charge in [-0.3, -0.25) is 9.32 Å². The minimum Gasteiger partial charge on any atom is -0.475 e. The summed E-state index contributed by atoms with van der Waals surface area (Å²) in [5.74, 6) is -7.84. The summed E-state index contributed by atoms with van der Waals surface area (Å²) >= 11 is 0. The molecule has 18 heteroatoms. The molecule has 2 rings (SSSR count). The van der Waals surface area contributed by atoms with E-state index < -0.39 is 93.7 Å². The third-order valence-electron chi connectivity index (χ3n) is 4.84. The molecule has 17 nitrogen and oxygen atoms in total. The van der Waals surface area contributed by atoms with Crippen molar-refractivity contribution < 1.29 is 83.5 Å². The van der Waals surface area contributed by atoms with E-state index in [0.29, 0.717) is 0 Å². The number of carboxylic acid groups (broad SMARTS) is 1. The number of carbonyl (C=O) groups excluding carboxylic acids is 1. The van der Waals surface area contributed by atoms with Crippen molar-refractivity contribution in [1.29, 1.82) is 0 Å². The van der Waals surface area contributed by atoms with Crippen LogP contribution in [-0.4, -0.2) is 137 Å². The van der Waals surface area contributed by atoms with Crippen LogP contribution in [0.4, 0.5) is 0 Å². The highest BCUT2D eigenvalue weighted by Crippen LogP contribution is 2.46. The zero-order valence-corrected chi connectivity index (χ0v) is 16.8. The van der Waals surface area contributed by atoms with Crippen molar-refractivity contribution in [2.24, 2.45) is 0 Å². The van der Waals surface area contributed by atoms with Gasteiger partial charge in [0.15, 0.2) is 12.4 Å². The Morgan fingerprint density at radius 2 is 1.50 bits per heavy atom. The second kappa shape index (κ2) is 10.00. The maximum absolute atomic E-state index is 12.2. The smallest absolute Gasteiger partial charge is 0.470 e. The highest BCUT2D eigenvalue weighted by molar-refractivity contribution is 7.46. The molecular weight excluding hydrogens is 471 g/mol. The lowest BCUT2D eigenvalue weighted by Gasteiger charge is -2.45. The maximum atomic E-state index is 12.2. The first-order valence-electron chi connectivity index (χ1n) is 8.84. The average molecular weight is 494 g/mol. The maximum Gasteiger partial charge on any atom is 0.470 e. The summed E-state index contributed by atoms with van der Waals surface area (Å²) in [7, 11) is -5.73. The van der Waals surface area contributed by atoms with Gasteiger partial charge in [-0.1, -0.05) is 0 Å². The van der Waals surface area contributed by atoms with Gasteiger partial charge in [0.25, 0.3) is 5.78 Å². The van der Waals surface area contributed by atoms with Crippen LogP contribution in [0.15, 0.2) is 0 Å². The number of ketones is 1. The highest BCUT2D eigenvalue weighted by Gasteiger charge is 2.66. The Hall–Kier alpha value is -1.15. The molecule has 186 valence electrons. The first-order valence-corrected chi connectivity index (χ1v) is 10.4. The molecule has 0 aliphatic carbocycles. The monoisotopic (exact) mass is 494 g/mol. The van der Waals surface area contributed by atoms with Crippen LogP contribution in [0, 0.1) is 0 Å². The number of aliphatic hydroxyl groups is 7. The molecule has 10 N–H and O–H groups in total. The highest BCUT2D eigenvalue weighted by atomic mass is 31.2. The van der Waals surface area contributed by atoms with Gasteiger partial charge in [0, 0.05) is 0 Å². The zero-order chi connectivity index (χ0) is 24.6. The Balaban J connectivity index is 2.57. The van der Waals surface area contributed by atoms with Gasteiger partial charge in [-0.15, -0.1) is 0 Å². The van der Waals surface area contributed by atoms with Crippen molar-refractivity contribution in [3.63, 3.8) is 0 Å². The Labute approximate surface area is 178 Å². The van der Waals surface area contributed by atoms with E-state index in [1.165, 1.54) is 0 Å². The number of hydrogen-bond acceptors (Lipinski definition) is 14. The topological polar surface area (TPSA) is 290 Å². The molecule has 2 heterocycles. The van der Waals surface area contributed by atoms with Gasteiger partial charge >= 0.3 is 13.8 Å². The molecule has 1 unspecified atom stereocenters. The van der Waals surface area contributed by atoms with Crippen LogP contribution in [-0.2, 0) is 32.9 Å². The Bertz CT molecular complexity index is 739. The molecule has 0 aromatic rings. The molecule has 2 saturated heterocycles. The third-order valence-corrected chi connectivity index (χ3v) is 5.32. The van der Waals surface area contributed by atoms with E-state index in [1.807, 2.05) is 0 Å². The number of rotatable bonds is 9. The summed E-state index contributed by atoms with van der Waals surface area (Å²) in [6.07, 6.45) is -19.6. The van der Waals surface area contributed by atoms with Crippen molar-refractivity contribution >= 4 is 19.6 Å². The fraction of sp³-hybridized carbons (Fsp3) is 0.857. The Morgan fingerprint density at radius 1 is 0.938 bits per heavy atom. The molecule has 0 saturated carbocycles. The van der Waals surface area contributed by atoms with E-state index in [4.69, 9.17) is 29.1 Å². The molecule has 0 radical (unpaired) electrons. The largest absolute Gasteiger partial charge is 0.475 e. The number of aliphatic hydroxyl groups excluding tert-OH is 7. The minimum atomic E-state index is -5.73. The number of carboxylic acids is 1. The van der Waals surface area contributed by atoms with Crippen molar-refractivity contribution in [2.75, 3.05) is 13.2 Å². The number of phosphoric ester groups is 1. The molecule has 32 heavy (non-hydrogen) atoms. The van der Waals surface area contributed by atoms with Gasteiger partial charge in [-0.05, 0) is 0 Å². The fourth-order valence-electron chi connectivity index (χ4n) is 3.24. The standard InChI is InChI=1S/C14H23O17P/c15-1-3-5(17)7(19)8(20)13(28-3)30-14(10(22)6(18)4(2-16)29-14)11(9(21)12(23)24)31-32(25,26)27/h3-8,10-11,13,15-20,22H,1-2H2,(H,23,24)(H2,25,26,27)/t3-,4-,5-,6-,7+,8-,10+,11?,13-,14-/m1/s1. The van der Waals surface area contributed by atoms with E-state index in [1.54, 1.807) is 0 Å². The lowest BCUT2D eigenvalue weighted by molar-refractivity contribution is -0.390. The molecular formula is C14H23O17P. The van der Waals surface area contributed by atoms with Gasteiger partial charge in [-0.2, -0.15) is 0 Å². The number of phosphoric acid groups is 1. The van der Waals surface area contributed by atoms with Gasteiger partial charge in [0.05, 0.1) is 13.2 Å². The van der Waals surface area contributed by atoms with Gasteiger partial charge in [-0.25, -0.2) is 9.36 Å². The Kier molecular flexibility index (Phi) is 8.47. The van der Waals surface area contributed by atoms with Gasteiger partial charge < -0.3 is 64.8 Å². The van der Waals surface area contributed by atoms with Crippen LogP contribution in [0.1, 0.15) is 0 Å². The predicted molar refractivity (Wildman–Crippen MR) is 91.1 cm³/mol. The average Bonchev–Trinajstić information content (AvgIpc) is 2.96. The molecule has 2 aliphatic heterocycles. The van der Waals surface area contributed by atoms with E-state index >= 15 is 0 Å². The lowest BCUT2D eigenvalue weighted by atomic mass is 9.95. The molecule has 0 spiro atoms. The molecule has 2 fully saturated rings. The van der Waals surface area contributed by atoms with Crippen molar-refractivity contribution in [3.8, 4) is 0 Å². The van der Waals surface area contributed by atoms with E-state index in [9.17, 15) is 49.9 Å². The van der Waals surface area contributed by atoms with E-state index in [-0.39, 0.29) is 0 Å². The van der Waals surface area contributed by atoms with E-state index in [0.717, 1.165) is 0 Å². The summed E-state index contributed by atoms with van der Waals surface area (Å²) in [6.45, 7) is -2.04. The molecule has 0 amide bonds. The summed E-state index contributed by atoms with van der Waals surface area (Å²) in [4.78, 5) is 41.7. The molecule has 0 bridgehead atoms. The summed E-state index contributed by atoms with van der Waals surface area (Å²) in [5, 5.41) is 78.1. The van der Waals surface area contributed by atoms with Crippen LogP contribution in [0.5, 0.6) is 0 Å². The first kappa shape index (κ1) is 27.1. The van der Waals surface area contributed by atoms with Crippen LogP contribution < -0.4 is 0 Å². The quantitative estimate of drug-likeness (QED) is 0.105. The number of Topliss-reactive ketones (excluding diaryl/α,β-unsaturated/α-hetero) is 1. The number of hydrogen-bond donors (Lipinski definition) is 10. The minimum absolute atomic E-state index is 0.959. The SMILES string of the molecule is O=C(O)C(=O)C(OP(=O)(O)O)[C@@]1(O[C@H]2O[C@H](CO)[C@@H](O)[C@H](O)[C@H]2O)O[C@H](CO)[C@@H](O)[C@@H]1O. The fourth-order valence-corrected chi connectivity index (χ4v) is 3.76. The van der Waals surface area contributed by atoms with Crippen molar-refractivity contribution in [3.05, 3.63) is 0 Å². The summed E-state index contributed by atoms with van der Waals surface area (Å²) < 4.78 is 30.8. The molecule has 0 aromatic heterocycles. The predicted octanol–water partition coefficient (Wildman–Crippen LogP) is -6.26. The molecule has 10 atom stereocenters. The molecule has 2 aliphatic rings. The second-order valence-corrected chi connectivity index (χ2v) is 8.15. The third kappa shape index (κ3) is 5.16. The lowest BCUT2D eigenvalue weighted by Crippen LogP contribution is -2.66. The zero-order valence-electron chi connectivity index (χ0n) is 15.9. The number of ether oxygens (including phenoxy) is 3. The van der Waals surface area contributed by atoms with Gasteiger partial charge in [0.1, 0.15) is 42.7 Å². The first-order chi connectivity index (χ1) is 14.7. The normalized spacial score (nSPS) is 41.4. The Morgan fingerprint density at radius 3 is 1.94 bits per heavy atom. The second-order valence-electron chi connectivity index (χ2n) is 6.96. The number of carbonyl (C=O) groups is 2. The van der Waals surface area contributed by atoms with Crippen LogP contribution >= 0.6 is 7.82 Å². The van der Waals surface area contributed by atoms with Crippen LogP contribution in [0.25, 0.3) is 0 Å². The van der Waals surface area contributed by atoms with Crippen LogP contribution in [0.3, 0.4) is 0 Å². The van der Waals surface area contributed by atoms with E-state index in [2.05, 4.69) is 4.52 Å². The summed E-state index contributed by atoms with van der Waals surface area (Å²) in [5.41, 5.74) is 0. The van der Waals surface area contributed by atoms with Crippen molar-refractivity contribution in [2.45, 2.75) is 60.9 Å². The molecule has 0 aromatic carbocycles. The van der Waals surface area contributed by atoms with Gasteiger partial charge in [0.2, 0.25) is 5.79 Å². The summed E-state index contributed by atoms with van der Waals surface area (Å²) in [6, 6.07) is 0. The van der Waals surface area contributed by atoms with Crippen molar-refractivity contribution in [1.82, 2.24) is 0 Å². The van der Waals surface area contributed by atoms with Crippen LogP contribution in [0.2, 0.25) is 0 Å².